The number of nitriles is 1. The molecule has 0 unspecified atom stereocenters. The van der Waals surface area contributed by atoms with E-state index in [1.807, 2.05) is 0 Å². The maximum atomic E-state index is 11.5. The van der Waals surface area contributed by atoms with Crippen LogP contribution in [-0.4, -0.2) is 15.0 Å². The molecule has 0 atom stereocenters. The molecule has 18 heavy (non-hydrogen) atoms. The Balaban J connectivity index is 2.17. The smallest absolute Gasteiger partial charge is 0.276 e. The maximum absolute atomic E-state index is 11.5. The Morgan fingerprint density at radius 2 is 1.94 bits per heavy atom. The number of aromatic nitrogens is 3. The summed E-state index contributed by atoms with van der Waals surface area (Å²) in [7, 11) is 0. The topological polar surface area (TPSA) is 85.3 Å². The summed E-state index contributed by atoms with van der Waals surface area (Å²) in [5.41, 5.74) is 2.29. The van der Waals surface area contributed by atoms with Gasteiger partial charge in [0.1, 0.15) is 5.82 Å². The summed E-state index contributed by atoms with van der Waals surface area (Å²) in [5, 5.41) is 8.73. The minimum atomic E-state index is -0.219. The van der Waals surface area contributed by atoms with Crippen LogP contribution in [0, 0.1) is 11.3 Å². The lowest BCUT2D eigenvalue weighted by Crippen LogP contribution is -2.03. The lowest BCUT2D eigenvalue weighted by atomic mass is 10.1. The van der Waals surface area contributed by atoms with E-state index in [9.17, 15) is 4.79 Å². The Morgan fingerprint density at radius 3 is 2.61 bits per heavy atom. The van der Waals surface area contributed by atoms with Crippen molar-refractivity contribution in [3.63, 3.8) is 0 Å². The predicted octanol–water partition coefficient (Wildman–Crippen LogP) is 1.79. The number of imidazole rings is 1. The van der Waals surface area contributed by atoms with Crippen LogP contribution in [0.3, 0.4) is 0 Å². The molecule has 0 fully saturated rings. The number of hydrogen-bond donors (Lipinski definition) is 2. The molecular weight excluding hydrogens is 228 g/mol. The van der Waals surface area contributed by atoms with Crippen LogP contribution in [0.25, 0.3) is 22.4 Å². The van der Waals surface area contributed by atoms with Crippen molar-refractivity contribution < 1.29 is 0 Å². The van der Waals surface area contributed by atoms with Crippen LogP contribution in [0.15, 0.2) is 41.3 Å². The van der Waals surface area contributed by atoms with Gasteiger partial charge in [-0.05, 0) is 30.3 Å². The van der Waals surface area contributed by atoms with Crippen LogP contribution in [0.2, 0.25) is 0 Å². The fourth-order valence-electron chi connectivity index (χ4n) is 1.79. The van der Waals surface area contributed by atoms with Gasteiger partial charge in [-0.2, -0.15) is 5.26 Å². The van der Waals surface area contributed by atoms with Crippen LogP contribution >= 0.6 is 0 Å². The van der Waals surface area contributed by atoms with Crippen molar-refractivity contribution in [1.29, 1.82) is 5.26 Å². The van der Waals surface area contributed by atoms with E-state index in [0.29, 0.717) is 22.4 Å². The zero-order valence-corrected chi connectivity index (χ0v) is 9.27. The summed E-state index contributed by atoms with van der Waals surface area (Å²) in [5.74, 6) is 0.617. The summed E-state index contributed by atoms with van der Waals surface area (Å²) in [6.07, 6.45) is 1.57. The monoisotopic (exact) mass is 236 g/mol. The first-order valence-electron chi connectivity index (χ1n) is 5.36. The molecule has 0 aliphatic carbocycles. The van der Waals surface area contributed by atoms with E-state index in [1.165, 1.54) is 0 Å². The number of H-pyrrole nitrogens is 2. The summed E-state index contributed by atoms with van der Waals surface area (Å²) >= 11 is 0. The molecule has 2 heterocycles. The van der Waals surface area contributed by atoms with Gasteiger partial charge in [-0.15, -0.1) is 0 Å². The normalized spacial score (nSPS) is 10.4. The summed E-state index contributed by atoms with van der Waals surface area (Å²) in [4.78, 5) is 21.5. The molecule has 1 aromatic carbocycles. The van der Waals surface area contributed by atoms with Gasteiger partial charge in [0.05, 0.1) is 17.1 Å². The third-order valence-electron chi connectivity index (χ3n) is 2.70. The second-order valence-corrected chi connectivity index (χ2v) is 3.84. The van der Waals surface area contributed by atoms with Gasteiger partial charge in [-0.1, -0.05) is 0 Å². The summed E-state index contributed by atoms with van der Waals surface area (Å²) in [6.45, 7) is 0. The van der Waals surface area contributed by atoms with Gasteiger partial charge in [0.2, 0.25) is 0 Å². The first-order valence-corrected chi connectivity index (χ1v) is 5.36. The third-order valence-corrected chi connectivity index (χ3v) is 2.70. The largest absolute Gasteiger partial charge is 0.338 e. The predicted molar refractivity (Wildman–Crippen MR) is 66.9 cm³/mol. The average Bonchev–Trinajstić information content (AvgIpc) is 2.84. The van der Waals surface area contributed by atoms with E-state index in [1.54, 1.807) is 36.5 Å². The van der Waals surface area contributed by atoms with E-state index in [0.717, 1.165) is 5.56 Å². The van der Waals surface area contributed by atoms with Crippen molar-refractivity contribution in [2.75, 3.05) is 0 Å². The van der Waals surface area contributed by atoms with Gasteiger partial charge in [0.15, 0.2) is 5.52 Å². The highest BCUT2D eigenvalue weighted by molar-refractivity contribution is 5.78. The molecule has 0 saturated carbocycles. The molecule has 5 heteroatoms. The molecule has 2 N–H and O–H groups in total. The molecule has 2 aromatic heterocycles. The van der Waals surface area contributed by atoms with E-state index in [-0.39, 0.29) is 5.56 Å². The molecule has 3 rings (SSSR count). The van der Waals surface area contributed by atoms with E-state index >= 15 is 0 Å². The molecule has 0 aliphatic heterocycles. The standard InChI is InChI=1S/C13H8N4O/c14-7-8-1-3-9(4-2-8)12-16-10-5-6-15-13(18)11(10)17-12/h1-6H,(H,15,18)(H,16,17). The highest BCUT2D eigenvalue weighted by Crippen LogP contribution is 2.18. The van der Waals surface area contributed by atoms with E-state index in [2.05, 4.69) is 21.0 Å². The number of nitrogens with zero attached hydrogens (tertiary/aromatic N) is 2. The number of fused-ring (bicyclic) bond motifs is 1. The lowest BCUT2D eigenvalue weighted by molar-refractivity contribution is 1.25. The van der Waals surface area contributed by atoms with Crippen molar-refractivity contribution in [1.82, 2.24) is 15.0 Å². The number of pyridine rings is 1. The molecule has 0 saturated heterocycles. The Kier molecular flexibility index (Phi) is 2.21. The van der Waals surface area contributed by atoms with Crippen LogP contribution in [0.5, 0.6) is 0 Å². The van der Waals surface area contributed by atoms with Gasteiger partial charge in [0, 0.05) is 11.8 Å². The fourth-order valence-corrected chi connectivity index (χ4v) is 1.79. The van der Waals surface area contributed by atoms with Crippen molar-refractivity contribution in [3.05, 3.63) is 52.4 Å². The lowest BCUT2D eigenvalue weighted by Gasteiger charge is -1.95. The van der Waals surface area contributed by atoms with Crippen molar-refractivity contribution >= 4 is 11.0 Å². The average molecular weight is 236 g/mol. The minimum absolute atomic E-state index is 0.219. The van der Waals surface area contributed by atoms with Gasteiger partial charge in [-0.3, -0.25) is 4.79 Å². The molecule has 3 aromatic rings. The Morgan fingerprint density at radius 1 is 1.17 bits per heavy atom. The molecule has 0 bridgehead atoms. The highest BCUT2D eigenvalue weighted by atomic mass is 16.1. The van der Waals surface area contributed by atoms with Gasteiger partial charge in [0.25, 0.3) is 5.56 Å². The van der Waals surface area contributed by atoms with Crippen molar-refractivity contribution in [2.45, 2.75) is 0 Å². The second-order valence-electron chi connectivity index (χ2n) is 3.84. The molecule has 86 valence electrons. The fraction of sp³-hybridized carbons (Fsp3) is 0. The van der Waals surface area contributed by atoms with E-state index in [4.69, 9.17) is 5.26 Å². The summed E-state index contributed by atoms with van der Waals surface area (Å²) in [6, 6.07) is 10.8. The zero-order valence-electron chi connectivity index (χ0n) is 9.27. The Labute approximate surface area is 102 Å². The van der Waals surface area contributed by atoms with Crippen molar-refractivity contribution in [3.8, 4) is 17.5 Å². The quantitative estimate of drug-likeness (QED) is 0.675. The first-order chi connectivity index (χ1) is 8.78. The molecule has 0 amide bonds. The Hall–Kier alpha value is -2.87. The SMILES string of the molecule is N#Cc1ccc(-c2nc3c(=O)[nH]ccc3[nH]2)cc1. The molecule has 0 radical (unpaired) electrons. The van der Waals surface area contributed by atoms with Gasteiger partial charge in [-0.25, -0.2) is 4.98 Å². The van der Waals surface area contributed by atoms with Gasteiger partial charge >= 0.3 is 0 Å². The second kappa shape index (κ2) is 3.86. The van der Waals surface area contributed by atoms with Crippen LogP contribution in [-0.2, 0) is 0 Å². The third kappa shape index (κ3) is 1.57. The maximum Gasteiger partial charge on any atom is 0.276 e. The van der Waals surface area contributed by atoms with Crippen molar-refractivity contribution in [2.24, 2.45) is 0 Å². The van der Waals surface area contributed by atoms with Gasteiger partial charge < -0.3 is 9.97 Å². The number of aromatic amines is 2. The number of benzene rings is 1. The highest BCUT2D eigenvalue weighted by Gasteiger charge is 2.07. The van der Waals surface area contributed by atoms with Crippen LogP contribution < -0.4 is 5.56 Å². The summed E-state index contributed by atoms with van der Waals surface area (Å²) < 4.78 is 0. The molecular formula is C13H8N4O. The van der Waals surface area contributed by atoms with Crippen LogP contribution in [0.4, 0.5) is 0 Å². The number of rotatable bonds is 1. The molecule has 0 spiro atoms. The van der Waals surface area contributed by atoms with Crippen LogP contribution in [0.1, 0.15) is 5.56 Å². The molecule has 5 nitrogen and oxygen atoms in total. The zero-order chi connectivity index (χ0) is 12.5. The first kappa shape index (κ1) is 10.3. The number of hydrogen-bond acceptors (Lipinski definition) is 3. The molecule has 0 aliphatic rings. The minimum Gasteiger partial charge on any atom is -0.338 e. The Bertz CT molecular complexity index is 805. The number of nitrogens with one attached hydrogen (secondary N) is 2. The van der Waals surface area contributed by atoms with E-state index < -0.39 is 0 Å².